The zero-order valence-corrected chi connectivity index (χ0v) is 7.72. The maximum atomic E-state index is 13.0. The summed E-state index contributed by atoms with van der Waals surface area (Å²) in [5.41, 5.74) is 0.316. The largest absolute Gasteiger partial charge is 0.469 e. The Morgan fingerprint density at radius 2 is 2.14 bits per heavy atom. The molecule has 0 unspecified atom stereocenters. The van der Waals surface area contributed by atoms with E-state index in [1.54, 1.807) is 0 Å². The third kappa shape index (κ3) is 2.80. The second kappa shape index (κ2) is 4.69. The van der Waals surface area contributed by atoms with Crippen molar-refractivity contribution in [3.05, 3.63) is 35.4 Å². The van der Waals surface area contributed by atoms with E-state index in [9.17, 15) is 13.6 Å². The Hall–Kier alpha value is -1.45. The third-order valence-electron chi connectivity index (χ3n) is 1.84. The number of carbonyl (C=O) groups is 1. The first-order valence-corrected chi connectivity index (χ1v) is 4.14. The summed E-state index contributed by atoms with van der Waals surface area (Å²) in [6.45, 7) is 0. The van der Waals surface area contributed by atoms with Crippen molar-refractivity contribution in [2.75, 3.05) is 7.11 Å². The van der Waals surface area contributed by atoms with Crippen LogP contribution in [0.5, 0.6) is 0 Å². The van der Waals surface area contributed by atoms with Crippen molar-refractivity contribution >= 4 is 5.97 Å². The van der Waals surface area contributed by atoms with Crippen LogP contribution < -0.4 is 0 Å². The Morgan fingerprint density at radius 1 is 1.43 bits per heavy atom. The SMILES string of the molecule is COC(=O)CCc1ccc(F)cc1F. The monoisotopic (exact) mass is 200 g/mol. The zero-order chi connectivity index (χ0) is 10.6. The number of rotatable bonds is 3. The molecule has 0 bridgehead atoms. The molecule has 1 aromatic carbocycles. The minimum absolute atomic E-state index is 0.0963. The molecule has 0 aliphatic rings. The summed E-state index contributed by atoms with van der Waals surface area (Å²) in [6.07, 6.45) is 0.317. The highest BCUT2D eigenvalue weighted by Gasteiger charge is 2.06. The van der Waals surface area contributed by atoms with E-state index < -0.39 is 17.6 Å². The number of aryl methyl sites for hydroxylation is 1. The number of methoxy groups -OCH3 is 1. The van der Waals surface area contributed by atoms with Crippen molar-refractivity contribution in [2.24, 2.45) is 0 Å². The van der Waals surface area contributed by atoms with Gasteiger partial charge in [0.15, 0.2) is 0 Å². The average molecular weight is 200 g/mol. The summed E-state index contributed by atoms with van der Waals surface area (Å²) in [5, 5.41) is 0. The molecule has 2 nitrogen and oxygen atoms in total. The van der Waals surface area contributed by atoms with Gasteiger partial charge >= 0.3 is 5.97 Å². The van der Waals surface area contributed by atoms with Crippen LogP contribution in [0.4, 0.5) is 8.78 Å². The van der Waals surface area contributed by atoms with Crippen molar-refractivity contribution in [3.63, 3.8) is 0 Å². The van der Waals surface area contributed by atoms with E-state index in [0.717, 1.165) is 12.1 Å². The third-order valence-corrected chi connectivity index (χ3v) is 1.84. The van der Waals surface area contributed by atoms with Crippen LogP contribution in [0, 0.1) is 11.6 Å². The molecule has 0 aliphatic heterocycles. The lowest BCUT2D eigenvalue weighted by Gasteiger charge is -2.01. The predicted molar refractivity (Wildman–Crippen MR) is 46.7 cm³/mol. The normalized spacial score (nSPS) is 9.93. The highest BCUT2D eigenvalue weighted by Crippen LogP contribution is 2.11. The predicted octanol–water partition coefficient (Wildman–Crippen LogP) is 2.07. The fourth-order valence-corrected chi connectivity index (χ4v) is 1.06. The Labute approximate surface area is 80.5 Å². The van der Waals surface area contributed by atoms with Crippen molar-refractivity contribution in [2.45, 2.75) is 12.8 Å². The summed E-state index contributed by atoms with van der Waals surface area (Å²) in [6, 6.07) is 3.29. The van der Waals surface area contributed by atoms with Gasteiger partial charge in [0, 0.05) is 12.5 Å². The fourth-order valence-electron chi connectivity index (χ4n) is 1.06. The highest BCUT2D eigenvalue weighted by molar-refractivity contribution is 5.69. The lowest BCUT2D eigenvalue weighted by molar-refractivity contribution is -0.140. The summed E-state index contributed by atoms with van der Waals surface area (Å²) in [4.78, 5) is 10.7. The van der Waals surface area contributed by atoms with Crippen LogP contribution in [-0.2, 0) is 16.0 Å². The minimum Gasteiger partial charge on any atom is -0.469 e. The molecule has 1 aromatic rings. The van der Waals surface area contributed by atoms with E-state index in [1.165, 1.54) is 13.2 Å². The number of esters is 1. The summed E-state index contributed by atoms with van der Waals surface area (Å²) < 4.78 is 29.9. The minimum atomic E-state index is -0.631. The van der Waals surface area contributed by atoms with Gasteiger partial charge < -0.3 is 4.74 Å². The second-order valence-electron chi connectivity index (χ2n) is 2.81. The second-order valence-corrected chi connectivity index (χ2v) is 2.81. The van der Waals surface area contributed by atoms with Gasteiger partial charge in [0.1, 0.15) is 11.6 Å². The molecule has 0 fully saturated rings. The Morgan fingerprint density at radius 3 is 2.71 bits per heavy atom. The summed E-state index contributed by atoms with van der Waals surface area (Å²) in [5.74, 6) is -1.66. The van der Waals surface area contributed by atoms with Crippen LogP contribution in [0.1, 0.15) is 12.0 Å². The molecule has 0 aromatic heterocycles. The standard InChI is InChI=1S/C10H10F2O2/c1-14-10(13)5-3-7-2-4-8(11)6-9(7)12/h2,4,6H,3,5H2,1H3. The maximum Gasteiger partial charge on any atom is 0.305 e. The van der Waals surface area contributed by atoms with Crippen molar-refractivity contribution in [1.29, 1.82) is 0 Å². The Balaban J connectivity index is 2.63. The van der Waals surface area contributed by atoms with Gasteiger partial charge in [-0.25, -0.2) is 8.78 Å². The van der Waals surface area contributed by atoms with Crippen LogP contribution in [0.3, 0.4) is 0 Å². The van der Waals surface area contributed by atoms with Crippen LogP contribution in [0.15, 0.2) is 18.2 Å². The van der Waals surface area contributed by atoms with Crippen LogP contribution in [-0.4, -0.2) is 13.1 Å². The van der Waals surface area contributed by atoms with Crippen LogP contribution in [0.25, 0.3) is 0 Å². The van der Waals surface area contributed by atoms with Gasteiger partial charge in [0.2, 0.25) is 0 Å². The molecule has 0 heterocycles. The molecule has 0 saturated carbocycles. The number of ether oxygens (including phenoxy) is 1. The van der Waals surface area contributed by atoms with Gasteiger partial charge in [-0.15, -0.1) is 0 Å². The molecule has 0 N–H and O–H groups in total. The topological polar surface area (TPSA) is 26.3 Å². The first-order valence-electron chi connectivity index (χ1n) is 4.14. The van der Waals surface area contributed by atoms with E-state index in [2.05, 4.69) is 4.74 Å². The van der Waals surface area contributed by atoms with Gasteiger partial charge in [-0.2, -0.15) is 0 Å². The van der Waals surface area contributed by atoms with E-state index in [4.69, 9.17) is 0 Å². The molecule has 14 heavy (non-hydrogen) atoms. The van der Waals surface area contributed by atoms with Gasteiger partial charge in [-0.1, -0.05) is 6.07 Å². The zero-order valence-electron chi connectivity index (χ0n) is 7.72. The quantitative estimate of drug-likeness (QED) is 0.698. The lowest BCUT2D eigenvalue weighted by atomic mass is 10.1. The molecule has 4 heteroatoms. The van der Waals surface area contributed by atoms with Gasteiger partial charge in [0.05, 0.1) is 7.11 Å². The molecule has 0 aliphatic carbocycles. The molecular formula is C10H10F2O2. The van der Waals surface area contributed by atoms with Gasteiger partial charge in [-0.05, 0) is 18.1 Å². The van der Waals surface area contributed by atoms with E-state index in [0.29, 0.717) is 5.56 Å². The smallest absolute Gasteiger partial charge is 0.305 e. The Bertz CT molecular complexity index is 337. The van der Waals surface area contributed by atoms with E-state index >= 15 is 0 Å². The highest BCUT2D eigenvalue weighted by atomic mass is 19.1. The van der Waals surface area contributed by atoms with Crippen molar-refractivity contribution < 1.29 is 18.3 Å². The van der Waals surface area contributed by atoms with Crippen molar-refractivity contribution in [1.82, 2.24) is 0 Å². The number of benzene rings is 1. The Kier molecular flexibility index (Phi) is 3.56. The summed E-state index contributed by atoms with van der Waals surface area (Å²) in [7, 11) is 1.27. The first-order chi connectivity index (χ1) is 6.63. The first kappa shape index (κ1) is 10.6. The van der Waals surface area contributed by atoms with Crippen molar-refractivity contribution in [3.8, 4) is 0 Å². The number of hydrogen-bond acceptors (Lipinski definition) is 2. The number of hydrogen-bond donors (Lipinski definition) is 0. The molecule has 0 atom stereocenters. The van der Waals surface area contributed by atoms with Gasteiger partial charge in [-0.3, -0.25) is 4.79 Å². The van der Waals surface area contributed by atoms with Crippen LogP contribution in [0.2, 0.25) is 0 Å². The molecule has 0 spiro atoms. The fraction of sp³-hybridized carbons (Fsp3) is 0.300. The molecule has 1 rings (SSSR count). The average Bonchev–Trinajstić information content (AvgIpc) is 2.16. The molecule has 0 amide bonds. The van der Waals surface area contributed by atoms with E-state index in [1.807, 2.05) is 0 Å². The molecule has 0 saturated heterocycles. The molecular weight excluding hydrogens is 190 g/mol. The number of halogens is 2. The summed E-state index contributed by atoms with van der Waals surface area (Å²) >= 11 is 0. The van der Waals surface area contributed by atoms with E-state index in [-0.39, 0.29) is 12.8 Å². The molecule has 76 valence electrons. The van der Waals surface area contributed by atoms with Gasteiger partial charge in [0.25, 0.3) is 0 Å². The lowest BCUT2D eigenvalue weighted by Crippen LogP contribution is -2.03. The number of carbonyl (C=O) groups excluding carboxylic acids is 1. The maximum absolute atomic E-state index is 13.0. The molecule has 0 radical (unpaired) electrons. The van der Waals surface area contributed by atoms with Crippen LogP contribution >= 0.6 is 0 Å².